The summed E-state index contributed by atoms with van der Waals surface area (Å²) < 4.78 is 6.14. The molecule has 4 nitrogen and oxygen atoms in total. The number of ether oxygens (including phenoxy) is 1. The molecule has 0 saturated carbocycles. The number of carbonyl (C=O) groups excluding carboxylic acids is 1. The summed E-state index contributed by atoms with van der Waals surface area (Å²) >= 11 is 0. The third-order valence-electron chi connectivity index (χ3n) is 4.88. The third-order valence-corrected chi connectivity index (χ3v) is 4.88. The smallest absolute Gasteiger partial charge is 0.334 e. The Kier molecular flexibility index (Phi) is 4.15. The van der Waals surface area contributed by atoms with E-state index in [9.17, 15) is 10.0 Å². The van der Waals surface area contributed by atoms with E-state index in [2.05, 4.69) is 6.58 Å². The number of hydrogen-bond donors (Lipinski definition) is 1. The maximum atomic E-state index is 13.1. The van der Waals surface area contributed by atoms with E-state index in [0.29, 0.717) is 28.1 Å². The minimum atomic E-state index is -1.21. The highest BCUT2D eigenvalue weighted by molar-refractivity contribution is 5.88. The average Bonchev–Trinajstić information content (AvgIpc) is 2.71. The number of benzene rings is 3. The Hall–Kier alpha value is -3.21. The minimum Gasteiger partial charge on any atom is -0.623 e. The lowest BCUT2D eigenvalue weighted by Crippen LogP contribution is -2.98. The van der Waals surface area contributed by atoms with Gasteiger partial charge in [-0.2, -0.15) is 0 Å². The lowest BCUT2D eigenvalue weighted by Gasteiger charge is -2.42. The molecule has 0 saturated heterocycles. The predicted molar refractivity (Wildman–Crippen MR) is 104 cm³/mol. The number of quaternary nitrogens is 1. The zero-order valence-corrected chi connectivity index (χ0v) is 14.9. The second-order valence-corrected chi connectivity index (χ2v) is 6.64. The first kappa shape index (κ1) is 17.2. The van der Waals surface area contributed by atoms with Gasteiger partial charge in [-0.1, -0.05) is 61.2 Å². The molecule has 3 aromatic carbocycles. The van der Waals surface area contributed by atoms with Crippen molar-refractivity contribution in [3.63, 3.8) is 0 Å². The van der Waals surface area contributed by atoms with Gasteiger partial charge in [0.2, 0.25) is 0 Å². The summed E-state index contributed by atoms with van der Waals surface area (Å²) in [5.74, 6) is -0.502. The zero-order chi connectivity index (χ0) is 19.0. The molecule has 1 aliphatic heterocycles. The van der Waals surface area contributed by atoms with Crippen LogP contribution in [0.15, 0.2) is 91.0 Å². The fraction of sp³-hybridized carbons (Fsp3) is 0.0870. The van der Waals surface area contributed by atoms with Crippen LogP contribution in [0.3, 0.4) is 0 Å². The van der Waals surface area contributed by atoms with Gasteiger partial charge in [-0.25, -0.2) is 4.79 Å². The van der Waals surface area contributed by atoms with Gasteiger partial charge >= 0.3 is 5.97 Å². The van der Waals surface area contributed by atoms with Crippen LogP contribution in [0, 0.1) is 5.21 Å². The van der Waals surface area contributed by atoms with Crippen LogP contribution < -0.4 is 5.06 Å². The topological polar surface area (TPSA) is 53.8 Å². The van der Waals surface area contributed by atoms with Gasteiger partial charge in [0.1, 0.15) is 11.4 Å². The normalized spacial score (nSPS) is 20.3. The molecule has 0 amide bonds. The van der Waals surface area contributed by atoms with E-state index in [1.807, 2.05) is 66.7 Å². The van der Waals surface area contributed by atoms with Gasteiger partial charge in [0.15, 0.2) is 5.60 Å². The van der Waals surface area contributed by atoms with Crippen LogP contribution in [-0.2, 0) is 15.1 Å². The molecule has 0 atom stereocenters. The molecule has 1 heterocycles. The van der Waals surface area contributed by atoms with E-state index < -0.39 is 11.6 Å². The number of nitrogens with one attached hydrogen (secondary N) is 1. The van der Waals surface area contributed by atoms with Gasteiger partial charge in [-0.15, -0.1) is 0 Å². The molecule has 0 aliphatic carbocycles. The summed E-state index contributed by atoms with van der Waals surface area (Å²) in [6.07, 6.45) is 0. The summed E-state index contributed by atoms with van der Waals surface area (Å²) in [5.41, 5.74) is 2.27. The molecule has 27 heavy (non-hydrogen) atoms. The molecule has 0 radical (unpaired) electrons. The van der Waals surface area contributed by atoms with E-state index in [4.69, 9.17) is 4.74 Å². The van der Waals surface area contributed by atoms with Gasteiger partial charge in [-0.3, -0.25) is 0 Å². The Labute approximate surface area is 157 Å². The van der Waals surface area contributed by atoms with Gasteiger partial charge in [0.05, 0.1) is 11.1 Å². The van der Waals surface area contributed by atoms with Crippen LogP contribution in [0.5, 0.6) is 0 Å². The van der Waals surface area contributed by atoms with Crippen LogP contribution in [0.2, 0.25) is 0 Å². The Bertz CT molecular complexity index is 979. The van der Waals surface area contributed by atoms with Crippen molar-refractivity contribution in [1.29, 1.82) is 0 Å². The van der Waals surface area contributed by atoms with Crippen molar-refractivity contribution in [2.24, 2.45) is 0 Å². The first-order valence-corrected chi connectivity index (χ1v) is 8.74. The highest BCUT2D eigenvalue weighted by Gasteiger charge is 2.49. The van der Waals surface area contributed by atoms with E-state index in [1.54, 1.807) is 19.1 Å². The highest BCUT2D eigenvalue weighted by atomic mass is 16.6. The highest BCUT2D eigenvalue weighted by Crippen LogP contribution is 2.47. The third kappa shape index (κ3) is 2.58. The van der Waals surface area contributed by atoms with E-state index in [-0.39, 0.29) is 5.06 Å². The molecule has 0 aromatic heterocycles. The average molecular weight is 357 g/mol. The quantitative estimate of drug-likeness (QED) is 0.441. The molecule has 1 N–H and O–H groups in total. The summed E-state index contributed by atoms with van der Waals surface area (Å²) in [6, 6.07) is 24.1. The number of para-hydroxylation sites is 2. The molecular formula is C23H19NO3. The molecule has 0 fully saturated rings. The van der Waals surface area contributed by atoms with E-state index in [1.165, 1.54) is 0 Å². The molecule has 1 aliphatic rings. The van der Waals surface area contributed by atoms with Crippen LogP contribution in [0.25, 0.3) is 0 Å². The van der Waals surface area contributed by atoms with Crippen molar-refractivity contribution < 1.29 is 14.6 Å². The molecule has 0 unspecified atom stereocenters. The van der Waals surface area contributed by atoms with Crippen molar-refractivity contribution in [3.05, 3.63) is 113 Å². The largest absolute Gasteiger partial charge is 0.623 e. The Morgan fingerprint density at radius 2 is 1.37 bits per heavy atom. The number of esters is 1. The molecular weight excluding hydrogens is 338 g/mol. The first-order chi connectivity index (χ1) is 13.1. The molecule has 4 heteroatoms. The second kappa shape index (κ2) is 6.50. The summed E-state index contributed by atoms with van der Waals surface area (Å²) in [5, 5.41) is 13.0. The molecule has 0 spiro atoms. The summed E-state index contributed by atoms with van der Waals surface area (Å²) in [7, 11) is 0. The van der Waals surface area contributed by atoms with Crippen molar-refractivity contribution in [2.45, 2.75) is 12.5 Å². The van der Waals surface area contributed by atoms with Crippen molar-refractivity contribution in [2.75, 3.05) is 0 Å². The maximum Gasteiger partial charge on any atom is 0.334 e. The van der Waals surface area contributed by atoms with Crippen LogP contribution in [0.4, 0.5) is 11.4 Å². The van der Waals surface area contributed by atoms with Gasteiger partial charge in [-0.05, 0) is 19.1 Å². The standard InChI is InChI=1S/C23H19NO3/c1-16(2)22(25)27-23(17-10-4-3-5-11-17)18-12-6-8-14-20(18)24(26)21-15-9-7-13-19(21)23/h3-15,24H,1H2,2H3. The van der Waals surface area contributed by atoms with E-state index in [0.717, 1.165) is 5.56 Å². The fourth-order valence-corrected chi connectivity index (χ4v) is 3.65. The lowest BCUT2D eigenvalue weighted by atomic mass is 9.76. The zero-order valence-electron chi connectivity index (χ0n) is 14.9. The van der Waals surface area contributed by atoms with Crippen LogP contribution in [-0.4, -0.2) is 5.97 Å². The number of fused-ring (bicyclic) bond motifs is 2. The predicted octanol–water partition coefficient (Wildman–Crippen LogP) is 3.76. The lowest BCUT2D eigenvalue weighted by molar-refractivity contribution is -0.701. The number of carbonyl (C=O) groups is 1. The van der Waals surface area contributed by atoms with Gasteiger partial charge in [0, 0.05) is 23.3 Å². The minimum absolute atomic E-state index is 0.0702. The SMILES string of the molecule is C=C(C)C(=O)OC1(c2ccccc2)c2ccccc2[NH+]([O-])c2ccccc21. The summed E-state index contributed by atoms with van der Waals surface area (Å²) in [6.45, 7) is 5.35. The molecule has 4 rings (SSSR count). The number of hydrogen-bond acceptors (Lipinski definition) is 3. The fourth-order valence-electron chi connectivity index (χ4n) is 3.65. The van der Waals surface area contributed by atoms with Gasteiger partial charge in [0.25, 0.3) is 0 Å². The van der Waals surface area contributed by atoms with E-state index >= 15 is 0 Å². The second-order valence-electron chi connectivity index (χ2n) is 6.64. The summed E-state index contributed by atoms with van der Waals surface area (Å²) in [4.78, 5) is 12.7. The Morgan fingerprint density at radius 1 is 0.889 bits per heavy atom. The van der Waals surface area contributed by atoms with Crippen LogP contribution >= 0.6 is 0 Å². The van der Waals surface area contributed by atoms with Crippen molar-refractivity contribution in [3.8, 4) is 0 Å². The Morgan fingerprint density at radius 3 is 1.89 bits per heavy atom. The van der Waals surface area contributed by atoms with Crippen LogP contribution in [0.1, 0.15) is 23.6 Å². The first-order valence-electron chi connectivity index (χ1n) is 8.74. The number of rotatable bonds is 3. The molecule has 3 aromatic rings. The maximum absolute atomic E-state index is 13.1. The monoisotopic (exact) mass is 357 g/mol. The van der Waals surface area contributed by atoms with Gasteiger partial charge < -0.3 is 15.0 Å². The Balaban J connectivity index is 2.10. The van der Waals surface area contributed by atoms with Crippen molar-refractivity contribution in [1.82, 2.24) is 0 Å². The molecule has 134 valence electrons. The molecule has 0 bridgehead atoms. The van der Waals surface area contributed by atoms with Crippen molar-refractivity contribution >= 4 is 17.3 Å².